The molecular formula is C7H16N2O2S. The second kappa shape index (κ2) is 4.45. The molecule has 12 heavy (non-hydrogen) atoms. The molecule has 0 spiro atoms. The fourth-order valence-electron chi connectivity index (χ4n) is 0.708. The summed E-state index contributed by atoms with van der Waals surface area (Å²) in [5, 5.41) is 7.38. The minimum absolute atomic E-state index is 0.117. The van der Waals surface area contributed by atoms with Crippen LogP contribution in [-0.2, 0) is 9.84 Å². The highest BCUT2D eigenvalue weighted by molar-refractivity contribution is 7.90. The molecule has 0 atom stereocenters. The van der Waals surface area contributed by atoms with Crippen molar-refractivity contribution >= 4 is 15.7 Å². The number of sulfone groups is 1. The zero-order valence-electron chi connectivity index (χ0n) is 7.79. The van der Waals surface area contributed by atoms with Gasteiger partial charge in [-0.15, -0.1) is 0 Å². The topological polar surface area (TPSA) is 61.2 Å². The molecule has 5 heteroatoms. The molecule has 0 heterocycles. The fourth-order valence-corrected chi connectivity index (χ4v) is 1.31. The zero-order chi connectivity index (χ0) is 9.78. The van der Waals surface area contributed by atoms with E-state index in [-0.39, 0.29) is 5.75 Å². The lowest BCUT2D eigenvalue weighted by Gasteiger charge is -2.17. The van der Waals surface area contributed by atoms with E-state index in [2.05, 4.69) is 0 Å². The Hall–Kier alpha value is -0.580. The molecule has 0 rings (SSSR count). The Morgan fingerprint density at radius 2 is 2.00 bits per heavy atom. The van der Waals surface area contributed by atoms with Crippen LogP contribution in [0.15, 0.2) is 0 Å². The minimum atomic E-state index is -2.90. The van der Waals surface area contributed by atoms with Gasteiger partial charge in [-0.2, -0.15) is 0 Å². The van der Waals surface area contributed by atoms with Crippen molar-refractivity contribution in [2.24, 2.45) is 0 Å². The van der Waals surface area contributed by atoms with Crippen LogP contribution in [0.1, 0.15) is 13.3 Å². The maximum Gasteiger partial charge on any atom is 0.149 e. The first kappa shape index (κ1) is 11.4. The van der Waals surface area contributed by atoms with Crippen LogP contribution in [0.3, 0.4) is 0 Å². The molecule has 0 fully saturated rings. The molecule has 0 aliphatic carbocycles. The lowest BCUT2D eigenvalue weighted by Crippen LogP contribution is -2.30. The molecule has 1 N–H and O–H groups in total. The number of amidine groups is 1. The summed E-state index contributed by atoms with van der Waals surface area (Å²) in [6, 6.07) is 0. The van der Waals surface area contributed by atoms with Crippen molar-refractivity contribution in [3.05, 3.63) is 0 Å². The maximum absolute atomic E-state index is 10.7. The third-order valence-electron chi connectivity index (χ3n) is 1.59. The monoisotopic (exact) mass is 192 g/mol. The largest absolute Gasteiger partial charge is 0.363 e. The van der Waals surface area contributed by atoms with Crippen molar-refractivity contribution in [2.75, 3.05) is 25.6 Å². The normalized spacial score (nSPS) is 11.2. The Bertz CT molecular complexity index is 246. The van der Waals surface area contributed by atoms with Crippen molar-refractivity contribution in [3.8, 4) is 0 Å². The summed E-state index contributed by atoms with van der Waals surface area (Å²) in [6.45, 7) is 2.28. The molecule has 0 aromatic carbocycles. The number of rotatable bonds is 4. The summed E-state index contributed by atoms with van der Waals surface area (Å²) >= 11 is 0. The van der Waals surface area contributed by atoms with Gasteiger partial charge in [0.25, 0.3) is 0 Å². The van der Waals surface area contributed by atoms with E-state index >= 15 is 0 Å². The molecule has 0 aliphatic rings. The molecule has 0 saturated heterocycles. The van der Waals surface area contributed by atoms with Gasteiger partial charge in [-0.05, 0) is 0 Å². The predicted molar refractivity (Wildman–Crippen MR) is 50.4 cm³/mol. The summed E-state index contributed by atoms with van der Waals surface area (Å²) in [4.78, 5) is 1.65. The molecule has 0 aromatic rings. The van der Waals surface area contributed by atoms with E-state index in [1.54, 1.807) is 11.9 Å². The highest BCUT2D eigenvalue weighted by Gasteiger charge is 2.06. The van der Waals surface area contributed by atoms with Gasteiger partial charge >= 0.3 is 0 Å². The third-order valence-corrected chi connectivity index (χ3v) is 2.52. The van der Waals surface area contributed by atoms with Crippen molar-refractivity contribution in [1.82, 2.24) is 4.90 Å². The van der Waals surface area contributed by atoms with E-state index in [4.69, 9.17) is 5.41 Å². The van der Waals surface area contributed by atoms with E-state index in [1.807, 2.05) is 6.92 Å². The van der Waals surface area contributed by atoms with Gasteiger partial charge in [-0.25, -0.2) is 8.42 Å². The third kappa shape index (κ3) is 5.12. The van der Waals surface area contributed by atoms with Gasteiger partial charge in [-0.3, -0.25) is 5.41 Å². The Labute approximate surface area is 74.0 Å². The van der Waals surface area contributed by atoms with Crippen LogP contribution in [0.25, 0.3) is 0 Å². The summed E-state index contributed by atoms with van der Waals surface area (Å²) in [5.41, 5.74) is 0. The van der Waals surface area contributed by atoms with E-state index < -0.39 is 9.84 Å². The van der Waals surface area contributed by atoms with Gasteiger partial charge in [0.15, 0.2) is 0 Å². The maximum atomic E-state index is 10.7. The van der Waals surface area contributed by atoms with Gasteiger partial charge in [0, 0.05) is 26.3 Å². The Morgan fingerprint density at radius 3 is 2.33 bits per heavy atom. The van der Waals surface area contributed by atoms with Crippen LogP contribution in [0, 0.1) is 5.41 Å². The van der Waals surface area contributed by atoms with Gasteiger partial charge in [0.05, 0.1) is 11.6 Å². The average Bonchev–Trinajstić information content (AvgIpc) is 1.97. The van der Waals surface area contributed by atoms with Crippen LogP contribution in [0.4, 0.5) is 0 Å². The minimum Gasteiger partial charge on any atom is -0.363 e. The van der Waals surface area contributed by atoms with Crippen LogP contribution in [0.2, 0.25) is 0 Å². The molecule has 0 aromatic heterocycles. The Balaban J connectivity index is 3.88. The number of nitrogens with one attached hydrogen (secondary N) is 1. The van der Waals surface area contributed by atoms with Crippen molar-refractivity contribution < 1.29 is 8.42 Å². The van der Waals surface area contributed by atoms with Crippen molar-refractivity contribution in [1.29, 1.82) is 5.41 Å². The first-order valence-electron chi connectivity index (χ1n) is 3.83. The van der Waals surface area contributed by atoms with Crippen LogP contribution >= 0.6 is 0 Å². The molecule has 0 amide bonds. The van der Waals surface area contributed by atoms with E-state index in [9.17, 15) is 8.42 Å². The van der Waals surface area contributed by atoms with Gasteiger partial charge < -0.3 is 4.90 Å². The number of hydrogen-bond acceptors (Lipinski definition) is 3. The standard InChI is InChI=1S/C7H16N2O2S/c1-4-7(8)9(2)5-6-12(3,10)11/h8H,4-6H2,1-3H3. The predicted octanol–water partition coefficient (Wildman–Crippen LogP) is 0.350. The molecule has 0 unspecified atom stereocenters. The Kier molecular flexibility index (Phi) is 4.23. The van der Waals surface area contributed by atoms with Gasteiger partial charge in [0.1, 0.15) is 9.84 Å². The number of nitrogens with zero attached hydrogens (tertiary/aromatic N) is 1. The first-order chi connectivity index (χ1) is 5.37. The molecule has 0 saturated carbocycles. The van der Waals surface area contributed by atoms with Crippen LogP contribution < -0.4 is 0 Å². The molecule has 0 radical (unpaired) electrons. The van der Waals surface area contributed by atoms with Crippen LogP contribution in [0.5, 0.6) is 0 Å². The number of hydrogen-bond donors (Lipinski definition) is 1. The Morgan fingerprint density at radius 1 is 1.50 bits per heavy atom. The molecule has 0 bridgehead atoms. The molecule has 72 valence electrons. The highest BCUT2D eigenvalue weighted by Crippen LogP contribution is 1.92. The second-order valence-corrected chi connectivity index (χ2v) is 5.11. The fraction of sp³-hybridized carbons (Fsp3) is 0.857. The average molecular weight is 192 g/mol. The quantitative estimate of drug-likeness (QED) is 0.516. The van der Waals surface area contributed by atoms with Gasteiger partial charge in [-0.1, -0.05) is 6.92 Å². The lowest BCUT2D eigenvalue weighted by molar-refractivity contribution is 0.514. The lowest BCUT2D eigenvalue weighted by atomic mass is 10.4. The zero-order valence-corrected chi connectivity index (χ0v) is 8.61. The summed E-state index contributed by atoms with van der Waals surface area (Å²) in [7, 11) is -1.17. The van der Waals surface area contributed by atoms with Crippen molar-refractivity contribution in [2.45, 2.75) is 13.3 Å². The van der Waals surface area contributed by atoms with E-state index in [0.29, 0.717) is 18.8 Å². The van der Waals surface area contributed by atoms with Crippen LogP contribution in [-0.4, -0.2) is 44.8 Å². The summed E-state index contributed by atoms with van der Waals surface area (Å²) in [6.07, 6.45) is 1.84. The highest BCUT2D eigenvalue weighted by atomic mass is 32.2. The first-order valence-corrected chi connectivity index (χ1v) is 5.89. The van der Waals surface area contributed by atoms with Gasteiger partial charge in [0.2, 0.25) is 0 Å². The SMILES string of the molecule is CCC(=N)N(C)CCS(C)(=O)=O. The second-order valence-electron chi connectivity index (χ2n) is 2.85. The molecule has 0 aliphatic heterocycles. The van der Waals surface area contributed by atoms with E-state index in [1.165, 1.54) is 6.26 Å². The summed E-state index contributed by atoms with van der Waals surface area (Å²) < 4.78 is 21.5. The van der Waals surface area contributed by atoms with Crippen molar-refractivity contribution in [3.63, 3.8) is 0 Å². The summed E-state index contributed by atoms with van der Waals surface area (Å²) in [5.74, 6) is 0.588. The smallest absolute Gasteiger partial charge is 0.149 e. The van der Waals surface area contributed by atoms with E-state index in [0.717, 1.165) is 0 Å². The molecular weight excluding hydrogens is 176 g/mol. The molecule has 4 nitrogen and oxygen atoms in total.